The molecule has 0 spiro atoms. The van der Waals surface area contributed by atoms with E-state index in [2.05, 4.69) is 15.3 Å². The number of hydrogen-bond acceptors (Lipinski definition) is 7. The minimum absolute atomic E-state index is 0.124. The van der Waals surface area contributed by atoms with Crippen LogP contribution in [-0.4, -0.2) is 47.6 Å². The Balaban J connectivity index is 1.42. The van der Waals surface area contributed by atoms with E-state index in [1.807, 2.05) is 49.6 Å². The first kappa shape index (κ1) is 24.4. The SMILES string of the molecule is CCOc1ccc(NC(=O)CN(C)Cc2nc3scc(-c4ccccc4)c3c(=O)[nH]2)cc1OCC. The Labute approximate surface area is 207 Å². The van der Waals surface area contributed by atoms with Crippen molar-refractivity contribution in [2.45, 2.75) is 20.4 Å². The Morgan fingerprint density at radius 1 is 1.09 bits per heavy atom. The van der Waals surface area contributed by atoms with E-state index >= 15 is 0 Å². The number of ether oxygens (including phenoxy) is 2. The van der Waals surface area contributed by atoms with Crippen LogP contribution in [0.5, 0.6) is 11.5 Å². The number of H-pyrrole nitrogens is 1. The topological polar surface area (TPSA) is 96.5 Å². The first-order valence-electron chi connectivity index (χ1n) is 11.4. The molecule has 0 unspecified atom stereocenters. The molecule has 2 aromatic heterocycles. The predicted molar refractivity (Wildman–Crippen MR) is 139 cm³/mol. The summed E-state index contributed by atoms with van der Waals surface area (Å²) in [5.41, 5.74) is 2.30. The number of hydrogen-bond donors (Lipinski definition) is 2. The molecule has 2 aromatic carbocycles. The number of amides is 1. The van der Waals surface area contributed by atoms with Gasteiger partial charge >= 0.3 is 0 Å². The Morgan fingerprint density at radius 3 is 2.57 bits per heavy atom. The van der Waals surface area contributed by atoms with Crippen LogP contribution in [0.25, 0.3) is 21.3 Å². The van der Waals surface area contributed by atoms with Crippen molar-refractivity contribution in [1.29, 1.82) is 0 Å². The molecule has 2 heterocycles. The van der Waals surface area contributed by atoms with Crippen molar-refractivity contribution in [2.24, 2.45) is 0 Å². The summed E-state index contributed by atoms with van der Waals surface area (Å²) in [6, 6.07) is 15.1. The highest BCUT2D eigenvalue weighted by Gasteiger charge is 2.15. The van der Waals surface area contributed by atoms with Gasteiger partial charge in [-0.05, 0) is 38.6 Å². The van der Waals surface area contributed by atoms with Gasteiger partial charge in [0.25, 0.3) is 5.56 Å². The zero-order chi connectivity index (χ0) is 24.8. The van der Waals surface area contributed by atoms with E-state index in [1.54, 1.807) is 30.1 Å². The van der Waals surface area contributed by atoms with Crippen LogP contribution in [0.1, 0.15) is 19.7 Å². The first-order chi connectivity index (χ1) is 17.0. The molecule has 0 saturated heterocycles. The Bertz CT molecular complexity index is 1370. The fourth-order valence-corrected chi connectivity index (χ4v) is 4.75. The van der Waals surface area contributed by atoms with Gasteiger partial charge in [0.1, 0.15) is 10.7 Å². The van der Waals surface area contributed by atoms with Gasteiger partial charge in [0.2, 0.25) is 5.91 Å². The smallest absolute Gasteiger partial charge is 0.260 e. The van der Waals surface area contributed by atoms with Crippen molar-refractivity contribution >= 4 is 33.1 Å². The number of likely N-dealkylation sites (N-methyl/N-ethyl adjacent to an activating group) is 1. The van der Waals surface area contributed by atoms with E-state index in [1.165, 1.54) is 11.3 Å². The van der Waals surface area contributed by atoms with Crippen LogP contribution < -0.4 is 20.3 Å². The third-order valence-corrected chi connectivity index (χ3v) is 6.11. The summed E-state index contributed by atoms with van der Waals surface area (Å²) in [7, 11) is 1.80. The number of rotatable bonds is 10. The summed E-state index contributed by atoms with van der Waals surface area (Å²) < 4.78 is 11.2. The van der Waals surface area contributed by atoms with Crippen LogP contribution >= 0.6 is 11.3 Å². The average molecular weight is 493 g/mol. The monoisotopic (exact) mass is 492 g/mol. The van der Waals surface area contributed by atoms with E-state index in [0.29, 0.717) is 53.0 Å². The lowest BCUT2D eigenvalue weighted by Gasteiger charge is -2.16. The summed E-state index contributed by atoms with van der Waals surface area (Å²) in [6.07, 6.45) is 0. The van der Waals surface area contributed by atoms with Gasteiger partial charge in [-0.1, -0.05) is 30.3 Å². The van der Waals surface area contributed by atoms with Crippen LogP contribution in [0.2, 0.25) is 0 Å². The van der Waals surface area contributed by atoms with E-state index < -0.39 is 0 Å². The maximum atomic E-state index is 12.9. The highest BCUT2D eigenvalue weighted by molar-refractivity contribution is 7.17. The second-order valence-electron chi connectivity index (χ2n) is 7.96. The molecule has 0 radical (unpaired) electrons. The fraction of sp³-hybridized carbons (Fsp3) is 0.269. The second kappa shape index (κ2) is 11.2. The molecule has 182 valence electrons. The fourth-order valence-electron chi connectivity index (χ4n) is 3.78. The van der Waals surface area contributed by atoms with Crippen molar-refractivity contribution < 1.29 is 14.3 Å². The zero-order valence-corrected chi connectivity index (χ0v) is 20.8. The molecule has 8 nitrogen and oxygen atoms in total. The summed E-state index contributed by atoms with van der Waals surface area (Å²) in [6.45, 7) is 5.26. The Morgan fingerprint density at radius 2 is 1.83 bits per heavy atom. The number of fused-ring (bicyclic) bond motifs is 1. The number of anilines is 1. The maximum Gasteiger partial charge on any atom is 0.260 e. The molecule has 2 N–H and O–H groups in total. The van der Waals surface area contributed by atoms with Crippen molar-refractivity contribution in [2.75, 3.05) is 32.1 Å². The van der Waals surface area contributed by atoms with Gasteiger partial charge in [0.05, 0.1) is 31.7 Å². The second-order valence-corrected chi connectivity index (χ2v) is 8.81. The minimum atomic E-state index is -0.190. The van der Waals surface area contributed by atoms with Gasteiger partial charge in [-0.3, -0.25) is 14.5 Å². The average Bonchev–Trinajstić information content (AvgIpc) is 3.26. The number of nitrogens with zero attached hydrogens (tertiary/aromatic N) is 2. The summed E-state index contributed by atoms with van der Waals surface area (Å²) in [5, 5.41) is 5.43. The number of benzene rings is 2. The number of carbonyl (C=O) groups excluding carboxylic acids is 1. The normalized spacial score (nSPS) is 11.1. The Hall–Kier alpha value is -3.69. The molecule has 0 aliphatic heterocycles. The Kier molecular flexibility index (Phi) is 7.79. The summed E-state index contributed by atoms with van der Waals surface area (Å²) >= 11 is 1.44. The third kappa shape index (κ3) is 5.87. The molecule has 9 heteroatoms. The molecule has 4 rings (SSSR count). The molecule has 35 heavy (non-hydrogen) atoms. The van der Waals surface area contributed by atoms with Gasteiger partial charge in [0.15, 0.2) is 11.5 Å². The first-order valence-corrected chi connectivity index (χ1v) is 12.3. The van der Waals surface area contributed by atoms with Gasteiger partial charge < -0.3 is 19.8 Å². The van der Waals surface area contributed by atoms with Gasteiger partial charge in [-0.15, -0.1) is 11.3 Å². The molecule has 1 amide bonds. The summed E-state index contributed by atoms with van der Waals surface area (Å²) in [5.74, 6) is 1.55. The van der Waals surface area contributed by atoms with Crippen LogP contribution in [0.3, 0.4) is 0 Å². The lowest BCUT2D eigenvalue weighted by atomic mass is 10.1. The number of carbonyl (C=O) groups is 1. The molecule has 0 aliphatic rings. The minimum Gasteiger partial charge on any atom is -0.490 e. The number of nitrogens with one attached hydrogen (secondary N) is 2. The van der Waals surface area contributed by atoms with Crippen molar-refractivity contribution in [3.05, 3.63) is 70.1 Å². The van der Waals surface area contributed by atoms with Crippen LogP contribution in [-0.2, 0) is 11.3 Å². The highest BCUT2D eigenvalue weighted by Crippen LogP contribution is 2.31. The highest BCUT2D eigenvalue weighted by atomic mass is 32.1. The van der Waals surface area contributed by atoms with Crippen LogP contribution in [0, 0.1) is 0 Å². The van der Waals surface area contributed by atoms with Crippen molar-refractivity contribution in [1.82, 2.24) is 14.9 Å². The molecule has 0 bridgehead atoms. The van der Waals surface area contributed by atoms with Crippen LogP contribution in [0.4, 0.5) is 5.69 Å². The largest absolute Gasteiger partial charge is 0.490 e. The number of thiophene rings is 1. The maximum absolute atomic E-state index is 12.9. The van der Waals surface area contributed by atoms with Gasteiger partial charge in [-0.2, -0.15) is 0 Å². The van der Waals surface area contributed by atoms with Gasteiger partial charge in [-0.25, -0.2) is 4.98 Å². The molecule has 4 aromatic rings. The van der Waals surface area contributed by atoms with E-state index in [0.717, 1.165) is 11.1 Å². The summed E-state index contributed by atoms with van der Waals surface area (Å²) in [4.78, 5) is 35.4. The molecule has 0 aliphatic carbocycles. The van der Waals surface area contributed by atoms with Crippen molar-refractivity contribution in [3.63, 3.8) is 0 Å². The lowest BCUT2D eigenvalue weighted by molar-refractivity contribution is -0.117. The molecule has 0 fully saturated rings. The quantitative estimate of drug-likeness (QED) is 0.338. The van der Waals surface area contributed by atoms with Gasteiger partial charge in [0, 0.05) is 22.7 Å². The number of aromatic nitrogens is 2. The molecule has 0 atom stereocenters. The standard InChI is InChI=1S/C26H28N4O4S/c1-4-33-20-12-11-18(13-21(20)34-5-2)27-23(31)15-30(3)14-22-28-25(32)24-19(16-35-26(24)29-22)17-9-7-6-8-10-17/h6-13,16H,4-5,14-15H2,1-3H3,(H,27,31)(H,28,29,32). The zero-order valence-electron chi connectivity index (χ0n) is 20.0. The molecular weight excluding hydrogens is 464 g/mol. The van der Waals surface area contributed by atoms with Crippen LogP contribution in [0.15, 0.2) is 58.7 Å². The molecular formula is C26H28N4O4S. The predicted octanol–water partition coefficient (Wildman–Crippen LogP) is 4.52. The number of aromatic amines is 1. The van der Waals surface area contributed by atoms with Crippen molar-refractivity contribution in [3.8, 4) is 22.6 Å². The third-order valence-electron chi connectivity index (χ3n) is 5.24. The van der Waals surface area contributed by atoms with E-state index in [4.69, 9.17) is 9.47 Å². The molecule has 0 saturated carbocycles. The van der Waals surface area contributed by atoms with E-state index in [-0.39, 0.29) is 18.0 Å². The lowest BCUT2D eigenvalue weighted by Crippen LogP contribution is -2.31. The van der Waals surface area contributed by atoms with E-state index in [9.17, 15) is 9.59 Å².